The zero-order valence-corrected chi connectivity index (χ0v) is 11.0. The molecule has 0 bridgehead atoms. The average Bonchev–Trinajstić information content (AvgIpc) is 2.95. The van der Waals surface area contributed by atoms with E-state index >= 15 is 0 Å². The minimum absolute atomic E-state index is 0.821. The first-order chi connectivity index (χ1) is 7.75. The van der Waals surface area contributed by atoms with Gasteiger partial charge in [-0.1, -0.05) is 13.3 Å². The van der Waals surface area contributed by atoms with E-state index < -0.39 is 0 Å². The van der Waals surface area contributed by atoms with Crippen molar-refractivity contribution < 1.29 is 0 Å². The maximum atomic E-state index is 3.63. The van der Waals surface area contributed by atoms with Crippen molar-refractivity contribution in [2.45, 2.75) is 51.5 Å². The summed E-state index contributed by atoms with van der Waals surface area (Å²) in [5.41, 5.74) is 0. The Balaban J connectivity index is 1.49. The first-order valence-electron chi connectivity index (χ1n) is 7.17. The van der Waals surface area contributed by atoms with Gasteiger partial charge < -0.3 is 10.2 Å². The summed E-state index contributed by atoms with van der Waals surface area (Å²) in [6, 6.07) is 0.821. The van der Waals surface area contributed by atoms with Gasteiger partial charge in [-0.15, -0.1) is 0 Å². The summed E-state index contributed by atoms with van der Waals surface area (Å²) in [4.78, 5) is 2.54. The third-order valence-corrected chi connectivity index (χ3v) is 4.33. The summed E-state index contributed by atoms with van der Waals surface area (Å²) >= 11 is 0. The standard InChI is InChI=1S/C14H28N2/c1-12-10-13(12)11-16(2)9-5-7-14-6-3-4-8-15-14/h12-15H,3-11H2,1-2H3. The first-order valence-corrected chi connectivity index (χ1v) is 7.17. The Hall–Kier alpha value is -0.0800. The number of hydrogen-bond acceptors (Lipinski definition) is 2. The van der Waals surface area contributed by atoms with Crippen molar-refractivity contribution in [1.82, 2.24) is 10.2 Å². The van der Waals surface area contributed by atoms with E-state index in [1.807, 2.05) is 0 Å². The third-order valence-electron chi connectivity index (χ3n) is 4.33. The molecule has 3 unspecified atom stereocenters. The van der Waals surface area contributed by atoms with Crippen molar-refractivity contribution in [2.24, 2.45) is 11.8 Å². The molecule has 16 heavy (non-hydrogen) atoms. The zero-order valence-electron chi connectivity index (χ0n) is 11.0. The highest BCUT2D eigenvalue weighted by Gasteiger charge is 2.32. The van der Waals surface area contributed by atoms with Crippen LogP contribution < -0.4 is 5.32 Å². The van der Waals surface area contributed by atoms with E-state index in [9.17, 15) is 0 Å². The molecule has 0 radical (unpaired) electrons. The molecule has 1 N–H and O–H groups in total. The average molecular weight is 224 g/mol. The molecular formula is C14H28N2. The fraction of sp³-hybridized carbons (Fsp3) is 1.00. The Labute approximate surface area is 101 Å². The van der Waals surface area contributed by atoms with Crippen LogP contribution in [0.3, 0.4) is 0 Å². The molecule has 1 saturated heterocycles. The summed E-state index contributed by atoms with van der Waals surface area (Å²) in [5.74, 6) is 2.01. The van der Waals surface area contributed by atoms with E-state index in [4.69, 9.17) is 0 Å². The molecule has 0 aromatic heterocycles. The number of nitrogens with one attached hydrogen (secondary N) is 1. The van der Waals surface area contributed by atoms with Crippen molar-refractivity contribution in [3.05, 3.63) is 0 Å². The van der Waals surface area contributed by atoms with Crippen molar-refractivity contribution in [3.8, 4) is 0 Å². The van der Waals surface area contributed by atoms with Gasteiger partial charge in [-0.25, -0.2) is 0 Å². The number of nitrogens with zero attached hydrogens (tertiary/aromatic N) is 1. The first kappa shape index (κ1) is 12.4. The second kappa shape index (κ2) is 6.02. The Morgan fingerprint density at radius 3 is 2.75 bits per heavy atom. The molecule has 0 aromatic rings. The highest BCUT2D eigenvalue weighted by Crippen LogP contribution is 2.37. The second-order valence-corrected chi connectivity index (χ2v) is 6.02. The van der Waals surface area contributed by atoms with Crippen LogP contribution in [0.1, 0.15) is 45.4 Å². The van der Waals surface area contributed by atoms with Crippen molar-refractivity contribution >= 4 is 0 Å². The predicted molar refractivity (Wildman–Crippen MR) is 69.6 cm³/mol. The van der Waals surface area contributed by atoms with Crippen LogP contribution in [0.15, 0.2) is 0 Å². The fourth-order valence-electron chi connectivity index (χ4n) is 2.92. The van der Waals surface area contributed by atoms with E-state index in [2.05, 4.69) is 24.2 Å². The van der Waals surface area contributed by atoms with E-state index in [1.165, 1.54) is 58.2 Å². The molecule has 1 saturated carbocycles. The van der Waals surface area contributed by atoms with Gasteiger partial charge in [0.1, 0.15) is 0 Å². The van der Waals surface area contributed by atoms with Gasteiger partial charge in [0.2, 0.25) is 0 Å². The lowest BCUT2D eigenvalue weighted by Gasteiger charge is -2.24. The van der Waals surface area contributed by atoms with Crippen LogP contribution in [-0.4, -0.2) is 37.6 Å². The van der Waals surface area contributed by atoms with Crippen LogP contribution in [0.5, 0.6) is 0 Å². The Bertz CT molecular complexity index is 199. The van der Waals surface area contributed by atoms with Crippen molar-refractivity contribution in [1.29, 1.82) is 0 Å². The molecule has 3 atom stereocenters. The monoisotopic (exact) mass is 224 g/mol. The topological polar surface area (TPSA) is 15.3 Å². The number of hydrogen-bond donors (Lipinski definition) is 1. The van der Waals surface area contributed by atoms with Crippen LogP contribution in [-0.2, 0) is 0 Å². The predicted octanol–water partition coefficient (Wildman–Crippen LogP) is 2.50. The van der Waals surface area contributed by atoms with Gasteiger partial charge in [-0.2, -0.15) is 0 Å². The van der Waals surface area contributed by atoms with Gasteiger partial charge in [-0.3, -0.25) is 0 Å². The van der Waals surface area contributed by atoms with Crippen LogP contribution in [0, 0.1) is 11.8 Å². The van der Waals surface area contributed by atoms with E-state index in [0.717, 1.165) is 17.9 Å². The van der Waals surface area contributed by atoms with Crippen molar-refractivity contribution in [2.75, 3.05) is 26.7 Å². The van der Waals surface area contributed by atoms with E-state index in [-0.39, 0.29) is 0 Å². The highest BCUT2D eigenvalue weighted by molar-refractivity contribution is 4.84. The molecule has 1 aliphatic carbocycles. The number of rotatable bonds is 6. The number of piperidine rings is 1. The molecule has 2 rings (SSSR count). The molecule has 2 aliphatic rings. The van der Waals surface area contributed by atoms with E-state index in [0.29, 0.717) is 0 Å². The van der Waals surface area contributed by atoms with Gasteiger partial charge in [0.25, 0.3) is 0 Å². The van der Waals surface area contributed by atoms with Gasteiger partial charge in [0.15, 0.2) is 0 Å². The molecule has 2 fully saturated rings. The minimum Gasteiger partial charge on any atom is -0.314 e. The molecule has 0 aromatic carbocycles. The molecule has 2 heteroatoms. The smallest absolute Gasteiger partial charge is 0.00675 e. The molecule has 1 heterocycles. The summed E-state index contributed by atoms with van der Waals surface area (Å²) < 4.78 is 0. The largest absolute Gasteiger partial charge is 0.314 e. The Morgan fingerprint density at radius 2 is 2.12 bits per heavy atom. The maximum Gasteiger partial charge on any atom is 0.00675 e. The molecule has 0 spiro atoms. The van der Waals surface area contributed by atoms with Crippen LogP contribution in [0.4, 0.5) is 0 Å². The van der Waals surface area contributed by atoms with Gasteiger partial charge >= 0.3 is 0 Å². The van der Waals surface area contributed by atoms with Crippen LogP contribution in [0.2, 0.25) is 0 Å². The van der Waals surface area contributed by atoms with Crippen molar-refractivity contribution in [3.63, 3.8) is 0 Å². The molecular weight excluding hydrogens is 196 g/mol. The quantitative estimate of drug-likeness (QED) is 0.746. The SMILES string of the molecule is CC1CC1CN(C)CCCC1CCCCN1. The molecule has 2 nitrogen and oxygen atoms in total. The summed E-state index contributed by atoms with van der Waals surface area (Å²) in [7, 11) is 2.29. The minimum atomic E-state index is 0.821. The fourth-order valence-corrected chi connectivity index (χ4v) is 2.92. The maximum absolute atomic E-state index is 3.63. The molecule has 94 valence electrons. The summed E-state index contributed by atoms with van der Waals surface area (Å²) in [6.07, 6.45) is 8.45. The lowest BCUT2D eigenvalue weighted by Crippen LogP contribution is -2.34. The molecule has 0 amide bonds. The third kappa shape index (κ3) is 4.06. The Kier molecular flexibility index (Phi) is 4.66. The summed E-state index contributed by atoms with van der Waals surface area (Å²) in [6.45, 7) is 6.26. The highest BCUT2D eigenvalue weighted by atomic mass is 15.1. The van der Waals surface area contributed by atoms with Gasteiger partial charge in [0.05, 0.1) is 0 Å². The van der Waals surface area contributed by atoms with E-state index in [1.54, 1.807) is 0 Å². The summed E-state index contributed by atoms with van der Waals surface area (Å²) in [5, 5.41) is 3.63. The van der Waals surface area contributed by atoms with Gasteiger partial charge in [0, 0.05) is 12.6 Å². The second-order valence-electron chi connectivity index (χ2n) is 6.02. The zero-order chi connectivity index (χ0) is 11.4. The van der Waals surface area contributed by atoms with Gasteiger partial charge in [-0.05, 0) is 64.1 Å². The molecule has 1 aliphatic heterocycles. The normalized spacial score (nSPS) is 34.3. The van der Waals surface area contributed by atoms with Crippen LogP contribution in [0.25, 0.3) is 0 Å². The van der Waals surface area contributed by atoms with Crippen LogP contribution >= 0.6 is 0 Å². The lowest BCUT2D eigenvalue weighted by molar-refractivity contribution is 0.290. The lowest BCUT2D eigenvalue weighted by atomic mass is 10.0. The Morgan fingerprint density at radius 1 is 1.31 bits per heavy atom.